The predicted molar refractivity (Wildman–Crippen MR) is 73.9 cm³/mol. The molecule has 1 aromatic carbocycles. The second-order valence-electron chi connectivity index (χ2n) is 3.64. The van der Waals surface area contributed by atoms with E-state index in [2.05, 4.69) is 15.0 Å². The van der Waals surface area contributed by atoms with E-state index >= 15 is 0 Å². The van der Waals surface area contributed by atoms with Gasteiger partial charge in [-0.1, -0.05) is 23.7 Å². The van der Waals surface area contributed by atoms with E-state index in [1.165, 1.54) is 31.5 Å². The van der Waals surface area contributed by atoms with Gasteiger partial charge in [0.1, 0.15) is 5.15 Å². The first-order valence-corrected chi connectivity index (χ1v) is 5.83. The van der Waals surface area contributed by atoms with Crippen LogP contribution in [-0.2, 0) is 0 Å². The Morgan fingerprint density at radius 1 is 1.40 bits per heavy atom. The SMILES string of the molecule is COc1cc(Cl)nc(/N=C/c2cccc([N+](=O)[O-])c2)n1. The van der Waals surface area contributed by atoms with Crippen LogP contribution in [-0.4, -0.2) is 28.2 Å². The van der Waals surface area contributed by atoms with Crippen molar-refractivity contribution in [2.24, 2.45) is 4.99 Å². The quantitative estimate of drug-likeness (QED) is 0.374. The number of hydrogen-bond donors (Lipinski definition) is 0. The fraction of sp³-hybridized carbons (Fsp3) is 0.0833. The molecule has 0 aliphatic heterocycles. The van der Waals surface area contributed by atoms with Crippen LogP contribution < -0.4 is 4.74 Å². The lowest BCUT2D eigenvalue weighted by Crippen LogP contribution is -1.91. The van der Waals surface area contributed by atoms with E-state index in [4.69, 9.17) is 16.3 Å². The Morgan fingerprint density at radius 2 is 2.20 bits per heavy atom. The first-order valence-electron chi connectivity index (χ1n) is 5.45. The van der Waals surface area contributed by atoms with Crippen LogP contribution >= 0.6 is 11.6 Å². The Hall–Kier alpha value is -2.54. The Kier molecular flexibility index (Phi) is 4.21. The van der Waals surface area contributed by atoms with Gasteiger partial charge in [0.2, 0.25) is 5.88 Å². The van der Waals surface area contributed by atoms with Crippen LogP contribution in [0, 0.1) is 10.1 Å². The molecular weight excluding hydrogens is 284 g/mol. The number of ether oxygens (including phenoxy) is 1. The Labute approximate surface area is 119 Å². The van der Waals surface area contributed by atoms with E-state index in [0.29, 0.717) is 5.56 Å². The highest BCUT2D eigenvalue weighted by Crippen LogP contribution is 2.18. The molecule has 20 heavy (non-hydrogen) atoms. The monoisotopic (exact) mass is 292 g/mol. The maximum Gasteiger partial charge on any atom is 0.270 e. The second kappa shape index (κ2) is 6.07. The maximum absolute atomic E-state index is 10.7. The van der Waals surface area contributed by atoms with Crippen molar-refractivity contribution < 1.29 is 9.66 Å². The average molecular weight is 293 g/mol. The lowest BCUT2D eigenvalue weighted by atomic mass is 10.2. The molecule has 2 rings (SSSR count). The van der Waals surface area contributed by atoms with E-state index in [-0.39, 0.29) is 22.7 Å². The fourth-order valence-electron chi connectivity index (χ4n) is 1.40. The molecule has 102 valence electrons. The molecule has 0 atom stereocenters. The summed E-state index contributed by atoms with van der Waals surface area (Å²) in [5.41, 5.74) is 0.542. The second-order valence-corrected chi connectivity index (χ2v) is 4.03. The van der Waals surface area contributed by atoms with Crippen molar-refractivity contribution in [1.29, 1.82) is 0 Å². The number of rotatable bonds is 4. The summed E-state index contributed by atoms with van der Waals surface area (Å²) in [5, 5.41) is 10.9. The van der Waals surface area contributed by atoms with Crippen LogP contribution in [0.15, 0.2) is 35.3 Å². The zero-order chi connectivity index (χ0) is 14.5. The summed E-state index contributed by atoms with van der Waals surface area (Å²) >= 11 is 5.78. The van der Waals surface area contributed by atoms with Gasteiger partial charge in [0, 0.05) is 24.4 Å². The lowest BCUT2D eigenvalue weighted by Gasteiger charge is -1.99. The van der Waals surface area contributed by atoms with Crippen LogP contribution in [0.3, 0.4) is 0 Å². The van der Waals surface area contributed by atoms with Crippen molar-refractivity contribution >= 4 is 29.5 Å². The van der Waals surface area contributed by atoms with E-state index < -0.39 is 4.92 Å². The number of hydrogen-bond acceptors (Lipinski definition) is 6. The number of nitro groups is 1. The molecule has 0 bridgehead atoms. The molecular formula is C12H9ClN4O3. The normalized spacial score (nSPS) is 10.7. The smallest absolute Gasteiger partial charge is 0.270 e. The minimum absolute atomic E-state index is 0.0152. The molecule has 1 heterocycles. The molecule has 8 heteroatoms. The molecule has 0 aliphatic rings. The highest BCUT2D eigenvalue weighted by Gasteiger charge is 2.05. The van der Waals surface area contributed by atoms with Crippen molar-refractivity contribution in [3.8, 4) is 5.88 Å². The summed E-state index contributed by atoms with van der Waals surface area (Å²) in [6.07, 6.45) is 1.41. The first kappa shape index (κ1) is 13.9. The largest absolute Gasteiger partial charge is 0.481 e. The predicted octanol–water partition coefficient (Wildman–Crippen LogP) is 2.80. The third-order valence-corrected chi connectivity index (χ3v) is 2.47. The highest BCUT2D eigenvalue weighted by molar-refractivity contribution is 6.29. The van der Waals surface area contributed by atoms with E-state index in [1.807, 2.05) is 0 Å². The Bertz CT molecular complexity index is 676. The van der Waals surface area contributed by atoms with Crippen LogP contribution in [0.5, 0.6) is 5.88 Å². The van der Waals surface area contributed by atoms with Crippen molar-refractivity contribution in [3.05, 3.63) is 51.2 Å². The molecule has 1 aromatic heterocycles. The number of methoxy groups -OCH3 is 1. The number of benzene rings is 1. The summed E-state index contributed by atoms with van der Waals surface area (Å²) in [4.78, 5) is 22.1. The summed E-state index contributed by atoms with van der Waals surface area (Å²) in [7, 11) is 1.45. The van der Waals surface area contributed by atoms with Gasteiger partial charge in [-0.3, -0.25) is 10.1 Å². The number of non-ortho nitro benzene ring substituents is 1. The van der Waals surface area contributed by atoms with Crippen molar-refractivity contribution in [3.63, 3.8) is 0 Å². The molecule has 0 unspecified atom stereocenters. The lowest BCUT2D eigenvalue weighted by molar-refractivity contribution is -0.384. The number of halogens is 1. The van der Waals surface area contributed by atoms with Gasteiger partial charge in [0.05, 0.1) is 12.0 Å². The molecule has 0 fully saturated rings. The molecule has 0 N–H and O–H groups in total. The van der Waals surface area contributed by atoms with Crippen LogP contribution in [0.2, 0.25) is 5.15 Å². The van der Waals surface area contributed by atoms with Gasteiger partial charge in [-0.05, 0) is 5.56 Å². The zero-order valence-electron chi connectivity index (χ0n) is 10.4. The molecule has 0 saturated heterocycles. The minimum Gasteiger partial charge on any atom is -0.481 e. The molecule has 0 radical (unpaired) electrons. The Balaban J connectivity index is 2.27. The van der Waals surface area contributed by atoms with Crippen LogP contribution in [0.1, 0.15) is 5.56 Å². The van der Waals surface area contributed by atoms with Crippen molar-refractivity contribution in [2.45, 2.75) is 0 Å². The molecule has 0 saturated carbocycles. The van der Waals surface area contributed by atoms with E-state index in [1.54, 1.807) is 12.1 Å². The number of aliphatic imine (C=N–C) groups is 1. The number of aromatic nitrogens is 2. The standard InChI is InChI=1S/C12H9ClN4O3/c1-20-11-6-10(13)15-12(16-11)14-7-8-3-2-4-9(5-8)17(18)19/h2-7H,1H3/b14-7+. The van der Waals surface area contributed by atoms with Gasteiger partial charge in [0.25, 0.3) is 11.6 Å². The zero-order valence-corrected chi connectivity index (χ0v) is 11.1. The van der Waals surface area contributed by atoms with Gasteiger partial charge in [-0.15, -0.1) is 0 Å². The van der Waals surface area contributed by atoms with Crippen molar-refractivity contribution in [1.82, 2.24) is 9.97 Å². The van der Waals surface area contributed by atoms with Crippen molar-refractivity contribution in [2.75, 3.05) is 7.11 Å². The van der Waals surface area contributed by atoms with Crippen LogP contribution in [0.25, 0.3) is 0 Å². The van der Waals surface area contributed by atoms with E-state index in [9.17, 15) is 10.1 Å². The van der Waals surface area contributed by atoms with E-state index in [0.717, 1.165) is 0 Å². The van der Waals surface area contributed by atoms with Gasteiger partial charge >= 0.3 is 0 Å². The summed E-state index contributed by atoms with van der Waals surface area (Å²) < 4.78 is 4.94. The summed E-state index contributed by atoms with van der Waals surface area (Å²) in [5.74, 6) is 0.400. The molecule has 7 nitrogen and oxygen atoms in total. The maximum atomic E-state index is 10.7. The molecule has 0 spiro atoms. The van der Waals surface area contributed by atoms with Gasteiger partial charge < -0.3 is 4.74 Å². The summed E-state index contributed by atoms with van der Waals surface area (Å²) in [6.45, 7) is 0. The third-order valence-electron chi connectivity index (χ3n) is 2.28. The van der Waals surface area contributed by atoms with Gasteiger partial charge in [0.15, 0.2) is 0 Å². The molecule has 0 amide bonds. The summed E-state index contributed by atoms with van der Waals surface area (Å²) in [6, 6.07) is 7.49. The first-order chi connectivity index (χ1) is 9.58. The third kappa shape index (κ3) is 3.48. The van der Waals surface area contributed by atoms with Crippen LogP contribution in [0.4, 0.5) is 11.6 Å². The number of nitro benzene ring substituents is 1. The van der Waals surface area contributed by atoms with Gasteiger partial charge in [-0.2, -0.15) is 9.97 Å². The molecule has 0 aliphatic carbocycles. The number of nitrogens with zero attached hydrogens (tertiary/aromatic N) is 4. The topological polar surface area (TPSA) is 90.5 Å². The Morgan fingerprint density at radius 3 is 2.90 bits per heavy atom. The van der Waals surface area contributed by atoms with Gasteiger partial charge in [-0.25, -0.2) is 4.99 Å². The molecule has 2 aromatic rings. The fourth-order valence-corrected chi connectivity index (χ4v) is 1.57. The highest BCUT2D eigenvalue weighted by atomic mass is 35.5. The minimum atomic E-state index is -0.476. The average Bonchev–Trinajstić information content (AvgIpc) is 2.44.